The van der Waals surface area contributed by atoms with Crippen molar-refractivity contribution in [1.29, 1.82) is 0 Å². The van der Waals surface area contributed by atoms with Gasteiger partial charge >= 0.3 is 12.2 Å². The van der Waals surface area contributed by atoms with Crippen LogP contribution in [0.25, 0.3) is 0 Å². The lowest BCUT2D eigenvalue weighted by Gasteiger charge is -2.41. The first-order valence-electron chi connectivity index (χ1n) is 20.3. The van der Waals surface area contributed by atoms with Crippen LogP contribution in [0, 0.1) is 0 Å². The first-order chi connectivity index (χ1) is 28.6. The second-order valence-electron chi connectivity index (χ2n) is 16.6. The Labute approximate surface area is 357 Å². The van der Waals surface area contributed by atoms with Gasteiger partial charge in [0.25, 0.3) is 0 Å². The van der Waals surface area contributed by atoms with Gasteiger partial charge in [0.15, 0.2) is 0 Å². The number of anilines is 2. The standard InChI is InChI=1S/C46H60N6O6P2/c1-45(2,3)57-43(55)49-27-25-47-41(53)29-35-17-21-37(22-18-35)51-31-59(39-13-9-7-10-14-39)33-52(34-60(32-51)40-15-11-8-12-16-40)38-23-19-36(20-24-38)30-42(54)48-26-28-50-44(56)58-46(4,5)6/h7-24H,25-34H2,1-6H3,(H,47,53)(H,48,54)(H,49,55)(H,50,56). The molecule has 0 unspecified atom stereocenters. The number of benzene rings is 4. The van der Waals surface area contributed by atoms with Crippen molar-refractivity contribution in [1.82, 2.24) is 21.3 Å². The van der Waals surface area contributed by atoms with Crippen LogP contribution in [0.3, 0.4) is 0 Å². The average molecular weight is 855 g/mol. The van der Waals surface area contributed by atoms with Gasteiger partial charge in [-0.25, -0.2) is 9.59 Å². The smallest absolute Gasteiger partial charge is 0.407 e. The van der Waals surface area contributed by atoms with Crippen molar-refractivity contribution in [3.05, 3.63) is 120 Å². The van der Waals surface area contributed by atoms with Crippen LogP contribution in [-0.2, 0) is 31.9 Å². The fourth-order valence-electron chi connectivity index (χ4n) is 6.44. The molecule has 0 saturated carbocycles. The highest BCUT2D eigenvalue weighted by atomic mass is 31.1. The van der Waals surface area contributed by atoms with Gasteiger partial charge in [0.2, 0.25) is 11.8 Å². The van der Waals surface area contributed by atoms with E-state index >= 15 is 0 Å². The van der Waals surface area contributed by atoms with E-state index in [-0.39, 0.29) is 37.7 Å². The first-order valence-corrected chi connectivity index (χ1v) is 23.8. The molecule has 4 aromatic carbocycles. The fraction of sp³-hybridized carbons (Fsp3) is 0.391. The summed E-state index contributed by atoms with van der Waals surface area (Å²) in [5, 5.41) is 13.8. The van der Waals surface area contributed by atoms with Crippen LogP contribution in [0.2, 0.25) is 0 Å². The van der Waals surface area contributed by atoms with Crippen LogP contribution >= 0.6 is 15.8 Å². The third-order valence-corrected chi connectivity index (χ3v) is 14.0. The van der Waals surface area contributed by atoms with Crippen molar-refractivity contribution in [3.8, 4) is 0 Å². The lowest BCUT2D eigenvalue weighted by atomic mass is 10.1. The van der Waals surface area contributed by atoms with Crippen LogP contribution in [0.4, 0.5) is 21.0 Å². The highest BCUT2D eigenvalue weighted by Gasteiger charge is 2.28. The Bertz CT molecular complexity index is 1830. The number of nitrogens with zero attached hydrogens (tertiary/aromatic N) is 2. The molecule has 0 radical (unpaired) electrons. The van der Waals surface area contributed by atoms with E-state index in [2.05, 4.69) is 116 Å². The van der Waals surface area contributed by atoms with E-state index in [1.165, 1.54) is 10.6 Å². The zero-order valence-electron chi connectivity index (χ0n) is 35.7. The molecule has 14 heteroatoms. The summed E-state index contributed by atoms with van der Waals surface area (Å²) in [5.41, 5.74) is 2.93. The maximum atomic E-state index is 12.8. The van der Waals surface area contributed by atoms with Crippen LogP contribution in [0.15, 0.2) is 109 Å². The number of hydrogen-bond acceptors (Lipinski definition) is 8. The zero-order chi connectivity index (χ0) is 43.1. The summed E-state index contributed by atoms with van der Waals surface area (Å²) in [5.74, 6) is -0.220. The highest BCUT2D eigenvalue weighted by molar-refractivity contribution is 7.67. The summed E-state index contributed by atoms with van der Waals surface area (Å²) in [7, 11) is -1.31. The maximum Gasteiger partial charge on any atom is 0.407 e. The van der Waals surface area contributed by atoms with Gasteiger partial charge < -0.3 is 40.5 Å². The molecule has 4 amide bonds. The lowest BCUT2D eigenvalue weighted by Crippen LogP contribution is -2.38. The molecule has 4 aromatic rings. The molecular weight excluding hydrogens is 794 g/mol. The Balaban J connectivity index is 1.25. The third-order valence-electron chi connectivity index (χ3n) is 9.17. The second-order valence-corrected chi connectivity index (χ2v) is 21.0. The molecule has 1 heterocycles. The summed E-state index contributed by atoms with van der Waals surface area (Å²) < 4.78 is 10.5. The molecule has 1 saturated heterocycles. The number of rotatable bonds is 14. The van der Waals surface area contributed by atoms with Crippen LogP contribution in [-0.4, -0.2) is 86.5 Å². The van der Waals surface area contributed by atoms with E-state index in [1.54, 1.807) is 41.5 Å². The van der Waals surface area contributed by atoms with Crippen LogP contribution < -0.4 is 41.7 Å². The van der Waals surface area contributed by atoms with Crippen molar-refractivity contribution in [2.45, 2.75) is 65.6 Å². The number of carbonyl (C=O) groups excluding carboxylic acids is 4. The van der Waals surface area contributed by atoms with E-state index in [0.29, 0.717) is 13.1 Å². The molecule has 0 atom stereocenters. The van der Waals surface area contributed by atoms with Gasteiger partial charge in [0.1, 0.15) is 11.2 Å². The van der Waals surface area contributed by atoms with Crippen LogP contribution in [0.5, 0.6) is 0 Å². The van der Waals surface area contributed by atoms with Gasteiger partial charge in [-0.15, -0.1) is 0 Å². The van der Waals surface area contributed by atoms with E-state index in [0.717, 1.165) is 47.6 Å². The van der Waals surface area contributed by atoms with Gasteiger partial charge in [-0.2, -0.15) is 0 Å². The summed E-state index contributed by atoms with van der Waals surface area (Å²) in [6.45, 7) is 12.0. The van der Waals surface area contributed by atoms with E-state index in [9.17, 15) is 19.2 Å². The second kappa shape index (κ2) is 21.9. The molecule has 5 rings (SSSR count). The Morgan fingerprint density at radius 3 is 1.12 bits per heavy atom. The minimum absolute atomic E-state index is 0.110. The van der Waals surface area contributed by atoms with Gasteiger partial charge in [-0.1, -0.05) is 84.9 Å². The van der Waals surface area contributed by atoms with Crippen molar-refractivity contribution in [2.24, 2.45) is 0 Å². The molecule has 0 aromatic heterocycles. The molecular formula is C46H60N6O6P2. The molecule has 320 valence electrons. The van der Waals surface area contributed by atoms with Gasteiger partial charge in [-0.3, -0.25) is 9.59 Å². The number of amides is 4. The average Bonchev–Trinajstić information content (AvgIpc) is 3.18. The number of hydrogen-bond donors (Lipinski definition) is 4. The molecule has 60 heavy (non-hydrogen) atoms. The monoisotopic (exact) mass is 854 g/mol. The molecule has 1 aliphatic rings. The van der Waals surface area contributed by atoms with Gasteiger partial charge in [0.05, 0.1) is 12.8 Å². The van der Waals surface area contributed by atoms with E-state index < -0.39 is 39.2 Å². The molecule has 0 bridgehead atoms. The highest BCUT2D eigenvalue weighted by Crippen LogP contribution is 2.47. The predicted octanol–water partition coefficient (Wildman–Crippen LogP) is 6.82. The van der Waals surface area contributed by atoms with Crippen molar-refractivity contribution >= 4 is 61.8 Å². The number of ether oxygens (including phenoxy) is 2. The summed E-state index contributed by atoms with van der Waals surface area (Å²) >= 11 is 0. The topological polar surface area (TPSA) is 141 Å². The lowest BCUT2D eigenvalue weighted by molar-refractivity contribution is -0.121. The maximum absolute atomic E-state index is 12.8. The van der Waals surface area contributed by atoms with Crippen LogP contribution in [0.1, 0.15) is 52.7 Å². The van der Waals surface area contributed by atoms with Crippen molar-refractivity contribution in [2.75, 3.05) is 61.1 Å². The third kappa shape index (κ3) is 15.8. The minimum Gasteiger partial charge on any atom is -0.444 e. The van der Waals surface area contributed by atoms with Crippen molar-refractivity contribution in [3.63, 3.8) is 0 Å². The minimum atomic E-state index is -0.654. The largest absolute Gasteiger partial charge is 0.444 e. The Morgan fingerprint density at radius 2 is 0.800 bits per heavy atom. The van der Waals surface area contributed by atoms with Crippen molar-refractivity contribution < 1.29 is 28.7 Å². The van der Waals surface area contributed by atoms with Gasteiger partial charge in [-0.05, 0) is 103 Å². The van der Waals surface area contributed by atoms with E-state index in [4.69, 9.17) is 9.47 Å². The molecule has 1 fully saturated rings. The Morgan fingerprint density at radius 1 is 0.483 bits per heavy atom. The molecule has 1 aliphatic heterocycles. The fourth-order valence-corrected chi connectivity index (χ4v) is 11.5. The normalized spacial score (nSPS) is 15.8. The Hall–Kier alpha value is -5.18. The summed E-state index contributed by atoms with van der Waals surface area (Å²) in [6, 6.07) is 38.2. The molecule has 0 spiro atoms. The predicted molar refractivity (Wildman–Crippen MR) is 245 cm³/mol. The zero-order valence-corrected chi connectivity index (χ0v) is 37.5. The molecule has 12 nitrogen and oxygen atoms in total. The number of alkyl carbamates (subject to hydrolysis) is 2. The molecule has 0 aliphatic carbocycles. The summed E-state index contributed by atoms with van der Waals surface area (Å²) in [4.78, 5) is 54.4. The quantitative estimate of drug-likeness (QED) is 0.0801. The first kappa shape index (κ1) is 45.9. The van der Waals surface area contributed by atoms with E-state index in [1.807, 2.05) is 24.3 Å². The summed E-state index contributed by atoms with van der Waals surface area (Å²) in [6.07, 6.45) is 2.94. The number of carbonyl (C=O) groups is 4. The number of nitrogens with one attached hydrogen (secondary N) is 4. The molecule has 4 N–H and O–H groups in total. The SMILES string of the molecule is CC(C)(C)OC(=O)NCCNC(=O)Cc1ccc(N2CP(c3ccccc3)CN(c3ccc(CC(=O)NCCNC(=O)OC(C)(C)C)cc3)CP(c3ccccc3)C2)cc1. The Kier molecular flexibility index (Phi) is 16.7. The van der Waals surface area contributed by atoms with Gasteiger partial charge in [0, 0.05) is 62.7 Å².